The molecule has 0 radical (unpaired) electrons. The second-order valence-corrected chi connectivity index (χ2v) is 8.25. The Kier molecular flexibility index (Phi) is 8.61. The Balaban J connectivity index is 0.00000261. The van der Waals surface area contributed by atoms with Crippen molar-refractivity contribution in [2.24, 2.45) is 10.4 Å². The van der Waals surface area contributed by atoms with E-state index >= 15 is 0 Å². The summed E-state index contributed by atoms with van der Waals surface area (Å²) in [5.74, 6) is 1.08. The maximum Gasteiger partial charge on any atom is 0.230 e. The van der Waals surface area contributed by atoms with E-state index < -0.39 is 0 Å². The van der Waals surface area contributed by atoms with Crippen molar-refractivity contribution in [1.29, 1.82) is 0 Å². The molecule has 3 saturated heterocycles. The first-order valence-corrected chi connectivity index (χ1v) is 10.2. The average Bonchev–Trinajstić information content (AvgIpc) is 3.14. The molecular formula is C19H37IN6O. The van der Waals surface area contributed by atoms with E-state index in [0.29, 0.717) is 12.6 Å². The van der Waals surface area contributed by atoms with Crippen LogP contribution >= 0.6 is 24.0 Å². The smallest absolute Gasteiger partial charge is 0.230 e. The number of rotatable bonds is 6. The Morgan fingerprint density at radius 2 is 1.81 bits per heavy atom. The lowest BCUT2D eigenvalue weighted by Gasteiger charge is -2.47. The zero-order valence-corrected chi connectivity index (χ0v) is 19.5. The summed E-state index contributed by atoms with van der Waals surface area (Å²) in [6.07, 6.45) is 4.18. The fourth-order valence-electron chi connectivity index (χ4n) is 4.67. The number of guanidine groups is 1. The zero-order valence-electron chi connectivity index (χ0n) is 17.2. The van der Waals surface area contributed by atoms with Crippen LogP contribution in [0.4, 0.5) is 0 Å². The SMILES string of the molecule is CCNC(=NCC1(C(=O)N(C)C)CCCC1)NCC1CN2CCN1CC2.I. The third kappa shape index (κ3) is 5.47. The molecule has 0 aromatic heterocycles. The van der Waals surface area contributed by atoms with E-state index in [0.717, 1.165) is 51.3 Å². The molecule has 3 heterocycles. The van der Waals surface area contributed by atoms with Gasteiger partial charge in [0.1, 0.15) is 0 Å². The lowest BCUT2D eigenvalue weighted by molar-refractivity contribution is -0.138. The average molecular weight is 492 g/mol. The third-order valence-electron chi connectivity index (χ3n) is 6.20. The Morgan fingerprint density at radius 3 is 2.33 bits per heavy atom. The molecule has 27 heavy (non-hydrogen) atoms. The second-order valence-electron chi connectivity index (χ2n) is 8.25. The highest BCUT2D eigenvalue weighted by Crippen LogP contribution is 2.39. The van der Waals surface area contributed by atoms with Gasteiger partial charge in [0.2, 0.25) is 5.91 Å². The highest BCUT2D eigenvalue weighted by Gasteiger charge is 2.42. The number of aliphatic imine (C=N–C) groups is 1. The van der Waals surface area contributed by atoms with Crippen LogP contribution in [0.3, 0.4) is 0 Å². The minimum Gasteiger partial charge on any atom is -0.357 e. The van der Waals surface area contributed by atoms with Crippen molar-refractivity contribution < 1.29 is 4.79 Å². The van der Waals surface area contributed by atoms with Gasteiger partial charge in [-0.3, -0.25) is 19.6 Å². The minimum absolute atomic E-state index is 0. The van der Waals surface area contributed by atoms with Gasteiger partial charge >= 0.3 is 0 Å². The Hall–Kier alpha value is -0.610. The molecule has 2 N–H and O–H groups in total. The zero-order chi connectivity index (χ0) is 18.6. The third-order valence-corrected chi connectivity index (χ3v) is 6.20. The molecule has 4 rings (SSSR count). The molecule has 0 aromatic rings. The Morgan fingerprint density at radius 1 is 1.15 bits per heavy atom. The standard InChI is InChI=1S/C19H36N6O.HI/c1-4-20-18(21-13-16-14-24-9-11-25(16)12-10-24)22-15-19(7-5-6-8-19)17(26)23(2)3;/h16H,4-15H2,1-3H3,(H2,20,21,22);1H. The molecule has 1 atom stereocenters. The maximum absolute atomic E-state index is 12.7. The molecule has 3 aliphatic heterocycles. The van der Waals surface area contributed by atoms with Crippen LogP contribution in [0.5, 0.6) is 0 Å². The Bertz CT molecular complexity index is 512. The first-order valence-electron chi connectivity index (χ1n) is 10.2. The number of carbonyl (C=O) groups is 1. The van der Waals surface area contributed by atoms with Gasteiger partial charge in [-0.05, 0) is 19.8 Å². The summed E-state index contributed by atoms with van der Waals surface area (Å²) in [6.45, 7) is 10.3. The molecule has 7 nitrogen and oxygen atoms in total. The quantitative estimate of drug-likeness (QED) is 0.327. The van der Waals surface area contributed by atoms with Crippen molar-refractivity contribution in [3.63, 3.8) is 0 Å². The number of halogens is 1. The molecule has 8 heteroatoms. The van der Waals surface area contributed by atoms with Crippen LogP contribution in [0.1, 0.15) is 32.6 Å². The topological polar surface area (TPSA) is 63.2 Å². The van der Waals surface area contributed by atoms with Gasteiger partial charge in [-0.15, -0.1) is 24.0 Å². The summed E-state index contributed by atoms with van der Waals surface area (Å²) in [4.78, 5) is 24.4. The predicted molar refractivity (Wildman–Crippen MR) is 121 cm³/mol. The van der Waals surface area contributed by atoms with Gasteiger partial charge in [0.15, 0.2) is 5.96 Å². The molecule has 4 aliphatic rings. The van der Waals surface area contributed by atoms with Gasteiger partial charge in [-0.25, -0.2) is 0 Å². The fraction of sp³-hybridized carbons (Fsp3) is 0.895. The summed E-state index contributed by atoms with van der Waals surface area (Å²) >= 11 is 0. The van der Waals surface area contributed by atoms with Gasteiger partial charge in [0.05, 0.1) is 12.0 Å². The minimum atomic E-state index is -0.301. The summed E-state index contributed by atoms with van der Waals surface area (Å²) in [6, 6.07) is 0.560. The van der Waals surface area contributed by atoms with Crippen LogP contribution < -0.4 is 10.6 Å². The molecule has 1 saturated carbocycles. The van der Waals surface area contributed by atoms with Crippen molar-refractivity contribution in [3.8, 4) is 0 Å². The van der Waals surface area contributed by atoms with Gasteiger partial charge in [-0.2, -0.15) is 0 Å². The van der Waals surface area contributed by atoms with Crippen molar-refractivity contribution in [2.45, 2.75) is 38.6 Å². The van der Waals surface area contributed by atoms with Crippen molar-refractivity contribution in [3.05, 3.63) is 0 Å². The number of piperazine rings is 3. The van der Waals surface area contributed by atoms with Gasteiger partial charge in [-0.1, -0.05) is 12.8 Å². The van der Waals surface area contributed by atoms with Gasteiger partial charge in [0.25, 0.3) is 0 Å². The number of fused-ring (bicyclic) bond motifs is 3. The molecule has 156 valence electrons. The van der Waals surface area contributed by atoms with E-state index in [2.05, 4.69) is 27.4 Å². The van der Waals surface area contributed by atoms with Crippen LogP contribution in [-0.2, 0) is 4.79 Å². The summed E-state index contributed by atoms with van der Waals surface area (Å²) in [5, 5.41) is 6.89. The first-order chi connectivity index (χ1) is 12.5. The van der Waals surface area contributed by atoms with E-state index in [9.17, 15) is 4.79 Å². The molecule has 2 bridgehead atoms. The number of amides is 1. The number of nitrogens with zero attached hydrogens (tertiary/aromatic N) is 4. The lowest BCUT2D eigenvalue weighted by atomic mass is 9.85. The van der Waals surface area contributed by atoms with Crippen LogP contribution in [0, 0.1) is 5.41 Å². The van der Waals surface area contributed by atoms with Gasteiger partial charge in [0, 0.05) is 66.0 Å². The Labute approximate surface area is 181 Å². The van der Waals surface area contributed by atoms with Crippen LogP contribution in [0.25, 0.3) is 0 Å². The van der Waals surface area contributed by atoms with Crippen molar-refractivity contribution in [2.75, 3.05) is 66.5 Å². The normalized spacial score (nSPS) is 29.1. The second kappa shape index (κ2) is 10.2. The van der Waals surface area contributed by atoms with E-state index in [1.165, 1.54) is 26.2 Å². The molecule has 1 aliphatic carbocycles. The number of hydrogen-bond donors (Lipinski definition) is 2. The predicted octanol–water partition coefficient (Wildman–Crippen LogP) is 0.808. The molecule has 0 spiro atoms. The molecule has 1 unspecified atom stereocenters. The van der Waals surface area contributed by atoms with Crippen molar-refractivity contribution >= 4 is 35.8 Å². The van der Waals surface area contributed by atoms with E-state index in [1.807, 2.05) is 14.1 Å². The summed E-state index contributed by atoms with van der Waals surface area (Å²) < 4.78 is 0. The van der Waals surface area contributed by atoms with Crippen molar-refractivity contribution in [1.82, 2.24) is 25.3 Å². The highest BCUT2D eigenvalue weighted by molar-refractivity contribution is 14.0. The van der Waals surface area contributed by atoms with E-state index in [4.69, 9.17) is 4.99 Å². The molecule has 1 amide bonds. The number of nitrogens with one attached hydrogen (secondary N) is 2. The largest absolute Gasteiger partial charge is 0.357 e. The maximum atomic E-state index is 12.7. The highest BCUT2D eigenvalue weighted by atomic mass is 127. The lowest BCUT2D eigenvalue weighted by Crippen LogP contribution is -2.63. The molecule has 4 fully saturated rings. The molecule has 0 aromatic carbocycles. The van der Waals surface area contributed by atoms with E-state index in [-0.39, 0.29) is 35.3 Å². The summed E-state index contributed by atoms with van der Waals surface area (Å²) in [5.41, 5.74) is -0.301. The van der Waals surface area contributed by atoms with Crippen LogP contribution in [0.2, 0.25) is 0 Å². The number of carbonyl (C=O) groups excluding carboxylic acids is 1. The fourth-order valence-corrected chi connectivity index (χ4v) is 4.67. The van der Waals surface area contributed by atoms with Gasteiger partial charge < -0.3 is 15.5 Å². The monoisotopic (exact) mass is 492 g/mol. The molecular weight excluding hydrogens is 455 g/mol. The van der Waals surface area contributed by atoms with Crippen LogP contribution in [0.15, 0.2) is 4.99 Å². The summed E-state index contributed by atoms with van der Waals surface area (Å²) in [7, 11) is 3.72. The van der Waals surface area contributed by atoms with Crippen LogP contribution in [-0.4, -0.2) is 99.1 Å². The van der Waals surface area contributed by atoms with E-state index in [1.54, 1.807) is 4.90 Å². The first kappa shape index (κ1) is 22.7. The number of hydrogen-bond acceptors (Lipinski definition) is 4.